The van der Waals surface area contributed by atoms with Crippen LogP contribution in [0, 0.1) is 12.8 Å². The fourth-order valence-corrected chi connectivity index (χ4v) is 2.96. The lowest BCUT2D eigenvalue weighted by molar-refractivity contribution is -0.130. The van der Waals surface area contributed by atoms with Crippen molar-refractivity contribution in [2.75, 3.05) is 6.61 Å². The van der Waals surface area contributed by atoms with E-state index in [1.54, 1.807) is 18.2 Å². The second kappa shape index (κ2) is 7.57. The molecule has 0 aromatic heterocycles. The zero-order valence-corrected chi connectivity index (χ0v) is 14.5. The molecule has 5 nitrogen and oxygen atoms in total. The van der Waals surface area contributed by atoms with E-state index in [9.17, 15) is 9.59 Å². The topological polar surface area (TPSA) is 67.4 Å². The third-order valence-corrected chi connectivity index (χ3v) is 4.41. The molecule has 0 aliphatic heterocycles. The molecule has 1 aliphatic rings. The van der Waals surface area contributed by atoms with E-state index in [-0.39, 0.29) is 24.3 Å². The van der Waals surface area contributed by atoms with Crippen molar-refractivity contribution in [1.82, 2.24) is 10.9 Å². The second-order valence-electron chi connectivity index (χ2n) is 6.10. The van der Waals surface area contributed by atoms with Gasteiger partial charge in [0.2, 0.25) is 5.91 Å². The van der Waals surface area contributed by atoms with Crippen molar-refractivity contribution < 1.29 is 14.3 Å². The van der Waals surface area contributed by atoms with Crippen LogP contribution in [-0.4, -0.2) is 18.4 Å². The van der Waals surface area contributed by atoms with Crippen LogP contribution in [0.3, 0.4) is 0 Å². The molecular weight excluding hydrogens is 340 g/mol. The third-order valence-electron chi connectivity index (χ3n) is 4.18. The summed E-state index contributed by atoms with van der Waals surface area (Å²) in [5, 5.41) is 0.610. The molecule has 130 valence electrons. The van der Waals surface area contributed by atoms with Crippen molar-refractivity contribution in [2.24, 2.45) is 5.92 Å². The summed E-state index contributed by atoms with van der Waals surface area (Å²) in [6.45, 7) is 1.66. The molecule has 0 unspecified atom stereocenters. The Balaban J connectivity index is 1.41. The predicted octanol–water partition coefficient (Wildman–Crippen LogP) is 2.98. The molecule has 0 saturated heterocycles. The van der Waals surface area contributed by atoms with E-state index in [0.29, 0.717) is 10.8 Å². The lowest BCUT2D eigenvalue weighted by Gasteiger charge is -2.10. The summed E-state index contributed by atoms with van der Waals surface area (Å²) < 4.78 is 5.43. The van der Waals surface area contributed by atoms with Gasteiger partial charge in [-0.3, -0.25) is 20.4 Å². The number of hydrogen-bond acceptors (Lipinski definition) is 3. The van der Waals surface area contributed by atoms with E-state index >= 15 is 0 Å². The average Bonchev–Trinajstić information content (AvgIpc) is 3.40. The van der Waals surface area contributed by atoms with Gasteiger partial charge in [0.05, 0.1) is 0 Å². The summed E-state index contributed by atoms with van der Waals surface area (Å²) in [6, 6.07) is 15.0. The van der Waals surface area contributed by atoms with Crippen molar-refractivity contribution >= 4 is 23.4 Å². The van der Waals surface area contributed by atoms with Gasteiger partial charge in [0.25, 0.3) is 5.91 Å². The Morgan fingerprint density at radius 3 is 2.64 bits per heavy atom. The monoisotopic (exact) mass is 358 g/mol. The largest absolute Gasteiger partial charge is 0.483 e. The highest BCUT2D eigenvalue weighted by molar-refractivity contribution is 6.30. The highest BCUT2D eigenvalue weighted by atomic mass is 35.5. The Labute approximate surface area is 151 Å². The van der Waals surface area contributed by atoms with E-state index in [2.05, 4.69) is 10.9 Å². The second-order valence-corrected chi connectivity index (χ2v) is 6.53. The Morgan fingerprint density at radius 1 is 1.16 bits per heavy atom. The summed E-state index contributed by atoms with van der Waals surface area (Å²) in [4.78, 5) is 23.9. The molecule has 2 aromatic carbocycles. The lowest BCUT2D eigenvalue weighted by Crippen LogP contribution is -2.44. The van der Waals surface area contributed by atoms with E-state index in [4.69, 9.17) is 16.3 Å². The van der Waals surface area contributed by atoms with Crippen LogP contribution in [0.5, 0.6) is 5.75 Å². The van der Waals surface area contributed by atoms with Crippen LogP contribution in [-0.2, 0) is 9.59 Å². The highest BCUT2D eigenvalue weighted by Gasteiger charge is 2.43. The number of aryl methyl sites for hydroxylation is 1. The summed E-state index contributed by atoms with van der Waals surface area (Å²) in [7, 11) is 0. The van der Waals surface area contributed by atoms with Crippen molar-refractivity contribution in [3.63, 3.8) is 0 Å². The van der Waals surface area contributed by atoms with Crippen LogP contribution >= 0.6 is 11.6 Å². The molecule has 1 fully saturated rings. The summed E-state index contributed by atoms with van der Waals surface area (Å²) in [6.07, 6.45) is 0.798. The average molecular weight is 359 g/mol. The maximum absolute atomic E-state index is 12.1. The number of carbonyl (C=O) groups is 2. The van der Waals surface area contributed by atoms with E-state index < -0.39 is 5.91 Å². The van der Waals surface area contributed by atoms with Gasteiger partial charge in [0, 0.05) is 10.9 Å². The first-order valence-electron chi connectivity index (χ1n) is 8.07. The van der Waals surface area contributed by atoms with Crippen molar-refractivity contribution in [1.29, 1.82) is 0 Å². The number of benzene rings is 2. The molecular formula is C19H19ClN2O3. The SMILES string of the molecule is Cc1cc(Cl)ccc1OCC(=O)NNC(=O)[C@@H]1C[C@H]1c1ccccc1. The fourth-order valence-electron chi connectivity index (χ4n) is 2.73. The van der Waals surface area contributed by atoms with Crippen molar-refractivity contribution in [2.45, 2.75) is 19.3 Å². The molecule has 2 aromatic rings. The van der Waals surface area contributed by atoms with Crippen molar-refractivity contribution in [3.05, 3.63) is 64.7 Å². The standard InChI is InChI=1S/C19H19ClN2O3/c1-12-9-14(20)7-8-17(12)25-11-18(23)21-22-19(24)16-10-15(16)13-5-3-2-4-6-13/h2-9,15-16H,10-11H2,1H3,(H,21,23)(H,22,24)/t15-,16+/m0/s1. The maximum atomic E-state index is 12.1. The van der Waals surface area contributed by atoms with Gasteiger partial charge in [-0.05, 0) is 48.6 Å². The number of hydrazine groups is 1. The number of amides is 2. The first-order valence-corrected chi connectivity index (χ1v) is 8.45. The number of nitrogens with one attached hydrogen (secondary N) is 2. The molecule has 25 heavy (non-hydrogen) atoms. The Hall–Kier alpha value is -2.53. The van der Waals surface area contributed by atoms with Gasteiger partial charge in [0.15, 0.2) is 6.61 Å². The smallest absolute Gasteiger partial charge is 0.276 e. The van der Waals surface area contributed by atoms with Crippen LogP contribution in [0.15, 0.2) is 48.5 Å². The molecule has 6 heteroatoms. The van der Waals surface area contributed by atoms with Crippen LogP contribution in [0.25, 0.3) is 0 Å². The number of carbonyl (C=O) groups excluding carboxylic acids is 2. The normalized spacial score (nSPS) is 18.3. The number of halogens is 1. The summed E-state index contributed by atoms with van der Waals surface area (Å²) in [5.41, 5.74) is 6.84. The van der Waals surface area contributed by atoms with Gasteiger partial charge in [-0.15, -0.1) is 0 Å². The lowest BCUT2D eigenvalue weighted by atomic mass is 10.1. The third kappa shape index (κ3) is 4.51. The Kier molecular flexibility index (Phi) is 5.24. The molecule has 1 saturated carbocycles. The summed E-state index contributed by atoms with van der Waals surface area (Å²) >= 11 is 5.87. The molecule has 2 atom stereocenters. The molecule has 0 bridgehead atoms. The summed E-state index contributed by atoms with van der Waals surface area (Å²) in [5.74, 6) is 0.120. The molecule has 1 aliphatic carbocycles. The van der Waals surface area contributed by atoms with Crippen LogP contribution in [0.1, 0.15) is 23.5 Å². The minimum atomic E-state index is -0.417. The van der Waals surface area contributed by atoms with Gasteiger partial charge in [-0.2, -0.15) is 0 Å². The number of rotatable bonds is 5. The van der Waals surface area contributed by atoms with Gasteiger partial charge in [-0.1, -0.05) is 41.9 Å². The van der Waals surface area contributed by atoms with E-state index in [0.717, 1.165) is 17.5 Å². The molecule has 0 radical (unpaired) electrons. The zero-order valence-electron chi connectivity index (χ0n) is 13.8. The minimum Gasteiger partial charge on any atom is -0.483 e. The van der Waals surface area contributed by atoms with Gasteiger partial charge < -0.3 is 4.74 Å². The van der Waals surface area contributed by atoms with E-state index in [1.165, 1.54) is 0 Å². The molecule has 0 spiro atoms. The van der Waals surface area contributed by atoms with Crippen LogP contribution in [0.2, 0.25) is 5.02 Å². The van der Waals surface area contributed by atoms with Gasteiger partial charge in [-0.25, -0.2) is 0 Å². The fraction of sp³-hybridized carbons (Fsp3) is 0.263. The minimum absolute atomic E-state index is 0.0953. The molecule has 2 amide bonds. The number of hydrogen-bond donors (Lipinski definition) is 2. The maximum Gasteiger partial charge on any atom is 0.276 e. The van der Waals surface area contributed by atoms with Crippen LogP contribution in [0.4, 0.5) is 0 Å². The van der Waals surface area contributed by atoms with Crippen molar-refractivity contribution in [3.8, 4) is 5.75 Å². The highest BCUT2D eigenvalue weighted by Crippen LogP contribution is 2.47. The van der Waals surface area contributed by atoms with Gasteiger partial charge in [0.1, 0.15) is 5.75 Å². The zero-order chi connectivity index (χ0) is 17.8. The molecule has 0 heterocycles. The molecule has 3 rings (SSSR count). The Morgan fingerprint density at radius 2 is 1.92 bits per heavy atom. The predicted molar refractivity (Wildman–Crippen MR) is 95.3 cm³/mol. The van der Waals surface area contributed by atoms with Crippen LogP contribution < -0.4 is 15.6 Å². The van der Waals surface area contributed by atoms with Gasteiger partial charge >= 0.3 is 0 Å². The van der Waals surface area contributed by atoms with E-state index in [1.807, 2.05) is 37.3 Å². The number of ether oxygens (including phenoxy) is 1. The first-order chi connectivity index (χ1) is 12.0. The quantitative estimate of drug-likeness (QED) is 0.807. The molecule has 2 N–H and O–H groups in total. The Bertz CT molecular complexity index is 779. The first kappa shape index (κ1) is 17.3.